The molecule has 1 aromatic heterocycles. The van der Waals surface area contributed by atoms with E-state index >= 15 is 0 Å². The molecular weight excluding hydrogens is 340 g/mol. The molecule has 0 spiro atoms. The molecule has 0 N–H and O–H groups in total. The van der Waals surface area contributed by atoms with Crippen LogP contribution in [0.5, 0.6) is 5.75 Å². The molecule has 1 fully saturated rings. The Balaban J connectivity index is 1.67. The first-order valence-corrected chi connectivity index (χ1v) is 9.94. The normalized spacial score (nSPS) is 19.1. The van der Waals surface area contributed by atoms with E-state index in [-0.39, 0.29) is 10.8 Å². The third-order valence-electron chi connectivity index (χ3n) is 4.55. The van der Waals surface area contributed by atoms with Crippen molar-refractivity contribution in [2.24, 2.45) is 5.92 Å². The van der Waals surface area contributed by atoms with Gasteiger partial charge in [0.2, 0.25) is 10.0 Å². The van der Waals surface area contributed by atoms with E-state index < -0.39 is 10.0 Å². The second-order valence-electron chi connectivity index (χ2n) is 6.65. The summed E-state index contributed by atoms with van der Waals surface area (Å²) in [6, 6.07) is 7.89. The third kappa shape index (κ3) is 3.88. The molecule has 7 heteroatoms. The standard InChI is InChI=1S/C18H24N2O4S/c1-13-6-8-17(9-7-13)23-12-16-5-4-10-20(11-16)25(21,22)18-14(2)19-24-15(18)3/h6-9,16H,4-5,10-12H2,1-3H3. The van der Waals surface area contributed by atoms with Crippen LogP contribution in [-0.2, 0) is 10.0 Å². The van der Waals surface area contributed by atoms with Gasteiger partial charge in [-0.05, 0) is 45.7 Å². The van der Waals surface area contributed by atoms with E-state index in [0.717, 1.165) is 18.6 Å². The number of hydrogen-bond donors (Lipinski definition) is 0. The Morgan fingerprint density at radius 2 is 1.96 bits per heavy atom. The molecule has 136 valence electrons. The fourth-order valence-electron chi connectivity index (χ4n) is 3.20. The maximum atomic E-state index is 12.9. The van der Waals surface area contributed by atoms with Crippen LogP contribution in [0.2, 0.25) is 0 Å². The highest BCUT2D eigenvalue weighted by molar-refractivity contribution is 7.89. The molecule has 1 unspecified atom stereocenters. The van der Waals surface area contributed by atoms with Crippen molar-refractivity contribution in [3.8, 4) is 5.75 Å². The molecule has 1 saturated heterocycles. The zero-order chi connectivity index (χ0) is 18.0. The number of nitrogens with zero attached hydrogens (tertiary/aromatic N) is 2. The van der Waals surface area contributed by atoms with Gasteiger partial charge in [0.15, 0.2) is 5.76 Å². The first-order chi connectivity index (χ1) is 11.9. The molecule has 0 amide bonds. The quantitative estimate of drug-likeness (QED) is 0.815. The van der Waals surface area contributed by atoms with Gasteiger partial charge in [-0.3, -0.25) is 0 Å². The Labute approximate surface area is 148 Å². The van der Waals surface area contributed by atoms with Crippen LogP contribution in [0.4, 0.5) is 0 Å². The van der Waals surface area contributed by atoms with E-state index in [9.17, 15) is 8.42 Å². The lowest BCUT2D eigenvalue weighted by Gasteiger charge is -2.31. The lowest BCUT2D eigenvalue weighted by Crippen LogP contribution is -2.41. The molecule has 25 heavy (non-hydrogen) atoms. The van der Waals surface area contributed by atoms with Crippen molar-refractivity contribution < 1.29 is 17.7 Å². The van der Waals surface area contributed by atoms with Crippen LogP contribution < -0.4 is 4.74 Å². The van der Waals surface area contributed by atoms with E-state index in [1.807, 2.05) is 31.2 Å². The van der Waals surface area contributed by atoms with Crippen molar-refractivity contribution in [1.29, 1.82) is 0 Å². The smallest absolute Gasteiger partial charge is 0.248 e. The number of piperidine rings is 1. The van der Waals surface area contributed by atoms with Gasteiger partial charge in [0.1, 0.15) is 16.3 Å². The van der Waals surface area contributed by atoms with Crippen LogP contribution in [0.25, 0.3) is 0 Å². The van der Waals surface area contributed by atoms with Crippen LogP contribution in [0, 0.1) is 26.7 Å². The molecule has 0 aliphatic carbocycles. The van der Waals surface area contributed by atoms with Gasteiger partial charge in [-0.2, -0.15) is 4.31 Å². The summed E-state index contributed by atoms with van der Waals surface area (Å²) in [4.78, 5) is 0.201. The third-order valence-corrected chi connectivity index (χ3v) is 6.66. The summed E-state index contributed by atoms with van der Waals surface area (Å²) in [5, 5.41) is 3.77. The SMILES string of the molecule is Cc1ccc(OCC2CCCN(S(=O)(=O)c3c(C)noc3C)C2)cc1. The van der Waals surface area contributed by atoms with Crippen LogP contribution in [0.15, 0.2) is 33.7 Å². The van der Waals surface area contributed by atoms with Gasteiger partial charge in [0.25, 0.3) is 0 Å². The second kappa shape index (κ2) is 7.17. The Hall–Kier alpha value is -1.86. The zero-order valence-electron chi connectivity index (χ0n) is 14.9. The molecule has 0 bridgehead atoms. The Morgan fingerprint density at radius 3 is 2.60 bits per heavy atom. The summed E-state index contributed by atoms with van der Waals surface area (Å²) in [5.41, 5.74) is 1.59. The number of benzene rings is 1. The van der Waals surface area contributed by atoms with E-state index in [2.05, 4.69) is 5.16 Å². The first-order valence-electron chi connectivity index (χ1n) is 8.50. The number of aromatic nitrogens is 1. The summed E-state index contributed by atoms with van der Waals surface area (Å²) >= 11 is 0. The Kier molecular flexibility index (Phi) is 5.15. The van der Waals surface area contributed by atoms with Crippen LogP contribution in [0.1, 0.15) is 29.9 Å². The van der Waals surface area contributed by atoms with E-state index in [4.69, 9.17) is 9.26 Å². The summed E-state index contributed by atoms with van der Waals surface area (Å²) < 4.78 is 38.3. The highest BCUT2D eigenvalue weighted by Crippen LogP contribution is 2.28. The van der Waals surface area contributed by atoms with Gasteiger partial charge < -0.3 is 9.26 Å². The lowest BCUT2D eigenvalue weighted by atomic mass is 10.0. The molecule has 2 heterocycles. The monoisotopic (exact) mass is 364 g/mol. The summed E-state index contributed by atoms with van der Waals surface area (Å²) in [7, 11) is -3.58. The fourth-order valence-corrected chi connectivity index (χ4v) is 5.05. The second-order valence-corrected chi connectivity index (χ2v) is 8.52. The van der Waals surface area contributed by atoms with E-state index in [0.29, 0.717) is 31.2 Å². The maximum Gasteiger partial charge on any atom is 0.248 e. The van der Waals surface area contributed by atoms with Crippen LogP contribution in [-0.4, -0.2) is 37.6 Å². The molecule has 2 aromatic rings. The minimum absolute atomic E-state index is 0.172. The highest BCUT2D eigenvalue weighted by Gasteiger charge is 2.34. The summed E-state index contributed by atoms with van der Waals surface area (Å²) in [5.74, 6) is 1.33. The molecule has 1 aliphatic rings. The van der Waals surface area contributed by atoms with Gasteiger partial charge in [-0.1, -0.05) is 22.9 Å². The Bertz CT molecular complexity index is 808. The molecule has 1 atom stereocenters. The zero-order valence-corrected chi connectivity index (χ0v) is 15.7. The predicted octanol–water partition coefficient (Wildman–Crippen LogP) is 3.08. The number of aryl methyl sites for hydroxylation is 3. The molecule has 0 saturated carbocycles. The first kappa shape index (κ1) is 17.9. The molecule has 6 nitrogen and oxygen atoms in total. The molecule has 3 rings (SSSR count). The van der Waals surface area contributed by atoms with Crippen LogP contribution >= 0.6 is 0 Å². The van der Waals surface area contributed by atoms with Crippen molar-refractivity contribution in [1.82, 2.24) is 9.46 Å². The van der Waals surface area contributed by atoms with Gasteiger partial charge in [-0.25, -0.2) is 8.42 Å². The average Bonchev–Trinajstić information content (AvgIpc) is 2.94. The van der Waals surface area contributed by atoms with E-state index in [1.165, 1.54) is 9.87 Å². The van der Waals surface area contributed by atoms with Gasteiger partial charge in [-0.15, -0.1) is 0 Å². The summed E-state index contributed by atoms with van der Waals surface area (Å²) in [6.45, 7) is 6.81. The largest absolute Gasteiger partial charge is 0.493 e. The maximum absolute atomic E-state index is 12.9. The molecule has 0 radical (unpaired) electrons. The molecule has 1 aliphatic heterocycles. The predicted molar refractivity (Wildman–Crippen MR) is 94.1 cm³/mol. The van der Waals surface area contributed by atoms with Crippen molar-refractivity contribution in [2.45, 2.75) is 38.5 Å². The molecule has 1 aromatic carbocycles. The minimum atomic E-state index is -3.58. The van der Waals surface area contributed by atoms with Crippen LogP contribution in [0.3, 0.4) is 0 Å². The van der Waals surface area contributed by atoms with Gasteiger partial charge in [0.05, 0.1) is 6.61 Å². The van der Waals surface area contributed by atoms with Gasteiger partial charge >= 0.3 is 0 Å². The van der Waals surface area contributed by atoms with Crippen molar-refractivity contribution >= 4 is 10.0 Å². The number of sulfonamides is 1. The van der Waals surface area contributed by atoms with E-state index in [1.54, 1.807) is 13.8 Å². The summed E-state index contributed by atoms with van der Waals surface area (Å²) in [6.07, 6.45) is 1.78. The van der Waals surface area contributed by atoms with Crippen molar-refractivity contribution in [3.05, 3.63) is 41.3 Å². The Morgan fingerprint density at radius 1 is 1.24 bits per heavy atom. The fraction of sp³-hybridized carbons (Fsp3) is 0.500. The minimum Gasteiger partial charge on any atom is -0.493 e. The van der Waals surface area contributed by atoms with Gasteiger partial charge in [0, 0.05) is 19.0 Å². The topological polar surface area (TPSA) is 72.6 Å². The lowest BCUT2D eigenvalue weighted by molar-refractivity contribution is 0.180. The van der Waals surface area contributed by atoms with Crippen molar-refractivity contribution in [3.63, 3.8) is 0 Å². The molecular formula is C18H24N2O4S. The van der Waals surface area contributed by atoms with Crippen molar-refractivity contribution in [2.75, 3.05) is 19.7 Å². The number of rotatable bonds is 5. The highest BCUT2D eigenvalue weighted by atomic mass is 32.2. The number of hydrogen-bond acceptors (Lipinski definition) is 5. The number of ether oxygens (including phenoxy) is 1. The average molecular weight is 364 g/mol.